The van der Waals surface area contributed by atoms with Crippen LogP contribution in [-0.2, 0) is 6.54 Å². The van der Waals surface area contributed by atoms with Gasteiger partial charge in [0.05, 0.1) is 7.11 Å². The molecule has 1 N–H and O–H groups in total. The number of nitrogens with zero attached hydrogens (tertiary/aromatic N) is 1. The molecule has 0 aromatic heterocycles. The zero-order valence-corrected chi connectivity index (χ0v) is 13.9. The molecule has 0 radical (unpaired) electrons. The Morgan fingerprint density at radius 1 is 1.35 bits per heavy atom. The van der Waals surface area contributed by atoms with Crippen molar-refractivity contribution in [2.45, 2.75) is 40.3 Å². The van der Waals surface area contributed by atoms with Crippen molar-refractivity contribution >= 4 is 0 Å². The van der Waals surface area contributed by atoms with Crippen LogP contribution in [0.25, 0.3) is 0 Å². The second-order valence-electron chi connectivity index (χ2n) is 6.29. The van der Waals surface area contributed by atoms with Crippen LogP contribution >= 0.6 is 0 Å². The van der Waals surface area contributed by atoms with Gasteiger partial charge < -0.3 is 15.0 Å². The maximum absolute atomic E-state index is 5.28. The van der Waals surface area contributed by atoms with Gasteiger partial charge in [-0.25, -0.2) is 0 Å². The summed E-state index contributed by atoms with van der Waals surface area (Å²) in [6.07, 6.45) is 0. The molecule has 1 aromatic carbocycles. The molecule has 0 fully saturated rings. The summed E-state index contributed by atoms with van der Waals surface area (Å²) in [5.41, 5.74) is 1.53. The maximum Gasteiger partial charge on any atom is 0.119 e. The van der Waals surface area contributed by atoms with Gasteiger partial charge in [0.15, 0.2) is 0 Å². The molecule has 0 heterocycles. The summed E-state index contributed by atoms with van der Waals surface area (Å²) in [5, 5.41) is 3.53. The standard InChI is InChI=1S/C17H30N2O/c1-7-18-14(2)17(3,4)13-19(5)12-15-9-8-10-16(11-15)20-6/h8-11,14,18H,7,12-13H2,1-6H3. The molecule has 0 saturated carbocycles. The van der Waals surface area contributed by atoms with Crippen molar-refractivity contribution in [2.75, 3.05) is 27.2 Å². The first-order valence-electron chi connectivity index (χ1n) is 7.44. The van der Waals surface area contributed by atoms with Crippen molar-refractivity contribution in [1.82, 2.24) is 10.2 Å². The van der Waals surface area contributed by atoms with Gasteiger partial charge in [0.25, 0.3) is 0 Å². The fraction of sp³-hybridized carbons (Fsp3) is 0.647. The van der Waals surface area contributed by atoms with Gasteiger partial charge >= 0.3 is 0 Å². The zero-order valence-electron chi connectivity index (χ0n) is 13.9. The highest BCUT2D eigenvalue weighted by Gasteiger charge is 2.26. The summed E-state index contributed by atoms with van der Waals surface area (Å²) >= 11 is 0. The Balaban J connectivity index is 2.59. The molecule has 0 amide bonds. The van der Waals surface area contributed by atoms with Gasteiger partial charge in [-0.05, 0) is 43.6 Å². The predicted octanol–water partition coefficient (Wildman–Crippen LogP) is 3.15. The minimum atomic E-state index is 0.240. The molecule has 0 aliphatic rings. The number of methoxy groups -OCH3 is 1. The van der Waals surface area contributed by atoms with Crippen LogP contribution in [-0.4, -0.2) is 38.2 Å². The van der Waals surface area contributed by atoms with Crippen molar-refractivity contribution in [2.24, 2.45) is 5.41 Å². The molecule has 1 atom stereocenters. The molecule has 3 nitrogen and oxygen atoms in total. The monoisotopic (exact) mass is 278 g/mol. The van der Waals surface area contributed by atoms with Crippen LogP contribution < -0.4 is 10.1 Å². The Morgan fingerprint density at radius 2 is 2.05 bits per heavy atom. The zero-order chi connectivity index (χ0) is 15.2. The molecule has 114 valence electrons. The van der Waals surface area contributed by atoms with E-state index in [1.165, 1.54) is 5.56 Å². The van der Waals surface area contributed by atoms with E-state index in [1.807, 2.05) is 6.07 Å². The van der Waals surface area contributed by atoms with Crippen LogP contribution in [0.1, 0.15) is 33.3 Å². The fourth-order valence-corrected chi connectivity index (χ4v) is 2.55. The Labute approximate surface area is 124 Å². The van der Waals surface area contributed by atoms with Crippen LogP contribution in [0.5, 0.6) is 5.75 Å². The number of hydrogen-bond donors (Lipinski definition) is 1. The average molecular weight is 278 g/mol. The van der Waals surface area contributed by atoms with Gasteiger partial charge in [-0.3, -0.25) is 0 Å². The summed E-state index contributed by atoms with van der Waals surface area (Å²) in [4.78, 5) is 2.38. The molecular weight excluding hydrogens is 248 g/mol. The van der Waals surface area contributed by atoms with Gasteiger partial charge in [0.1, 0.15) is 5.75 Å². The largest absolute Gasteiger partial charge is 0.497 e. The number of ether oxygens (including phenoxy) is 1. The molecule has 1 rings (SSSR count). The smallest absolute Gasteiger partial charge is 0.119 e. The highest BCUT2D eigenvalue weighted by Crippen LogP contribution is 2.23. The molecule has 0 spiro atoms. The lowest BCUT2D eigenvalue weighted by atomic mass is 9.84. The van der Waals surface area contributed by atoms with E-state index in [9.17, 15) is 0 Å². The second-order valence-corrected chi connectivity index (χ2v) is 6.29. The van der Waals surface area contributed by atoms with Crippen molar-refractivity contribution in [1.29, 1.82) is 0 Å². The van der Waals surface area contributed by atoms with E-state index in [4.69, 9.17) is 4.74 Å². The van der Waals surface area contributed by atoms with Crippen molar-refractivity contribution < 1.29 is 4.74 Å². The van der Waals surface area contributed by atoms with Crippen molar-refractivity contribution in [3.05, 3.63) is 29.8 Å². The summed E-state index contributed by atoms with van der Waals surface area (Å²) in [7, 11) is 3.89. The third kappa shape index (κ3) is 5.14. The van der Waals surface area contributed by atoms with E-state index >= 15 is 0 Å². The van der Waals surface area contributed by atoms with E-state index in [2.05, 4.69) is 63.2 Å². The van der Waals surface area contributed by atoms with Gasteiger partial charge in [0, 0.05) is 19.1 Å². The molecule has 1 aromatic rings. The molecule has 20 heavy (non-hydrogen) atoms. The Kier molecular flexibility index (Phi) is 6.50. The third-order valence-electron chi connectivity index (χ3n) is 3.95. The summed E-state index contributed by atoms with van der Waals surface area (Å²) in [5.74, 6) is 0.927. The van der Waals surface area contributed by atoms with E-state index in [-0.39, 0.29) is 5.41 Å². The first-order chi connectivity index (χ1) is 9.39. The predicted molar refractivity (Wildman–Crippen MR) is 86.2 cm³/mol. The molecule has 0 saturated heterocycles. The molecular formula is C17H30N2O. The number of hydrogen-bond acceptors (Lipinski definition) is 3. The topological polar surface area (TPSA) is 24.5 Å². The maximum atomic E-state index is 5.28. The van der Waals surface area contributed by atoms with Crippen LogP contribution in [0, 0.1) is 5.41 Å². The lowest BCUT2D eigenvalue weighted by Gasteiger charge is -2.36. The summed E-state index contributed by atoms with van der Waals surface area (Å²) in [6, 6.07) is 8.80. The van der Waals surface area contributed by atoms with E-state index in [0.29, 0.717) is 6.04 Å². The quantitative estimate of drug-likeness (QED) is 0.790. The first kappa shape index (κ1) is 17.0. The van der Waals surface area contributed by atoms with Crippen molar-refractivity contribution in [3.8, 4) is 5.75 Å². The van der Waals surface area contributed by atoms with Gasteiger partial charge in [-0.15, -0.1) is 0 Å². The average Bonchev–Trinajstić information content (AvgIpc) is 2.38. The van der Waals surface area contributed by atoms with Crippen LogP contribution in [0.2, 0.25) is 0 Å². The Hall–Kier alpha value is -1.06. The minimum Gasteiger partial charge on any atom is -0.497 e. The second kappa shape index (κ2) is 7.65. The van der Waals surface area contributed by atoms with Crippen LogP contribution in [0.15, 0.2) is 24.3 Å². The Bertz CT molecular complexity index is 404. The van der Waals surface area contributed by atoms with Gasteiger partial charge in [0.2, 0.25) is 0 Å². The van der Waals surface area contributed by atoms with Crippen molar-refractivity contribution in [3.63, 3.8) is 0 Å². The number of nitrogens with one attached hydrogen (secondary N) is 1. The molecule has 0 aliphatic heterocycles. The number of benzene rings is 1. The molecule has 1 unspecified atom stereocenters. The molecule has 0 bridgehead atoms. The SMILES string of the molecule is CCNC(C)C(C)(C)CN(C)Cc1cccc(OC)c1. The minimum absolute atomic E-state index is 0.240. The Morgan fingerprint density at radius 3 is 2.65 bits per heavy atom. The molecule has 0 aliphatic carbocycles. The highest BCUT2D eigenvalue weighted by atomic mass is 16.5. The van der Waals surface area contributed by atoms with Crippen LogP contribution in [0.4, 0.5) is 0 Å². The van der Waals surface area contributed by atoms with E-state index in [1.54, 1.807) is 7.11 Å². The highest BCUT2D eigenvalue weighted by molar-refractivity contribution is 5.28. The third-order valence-corrected chi connectivity index (χ3v) is 3.95. The first-order valence-corrected chi connectivity index (χ1v) is 7.44. The summed E-state index contributed by atoms with van der Waals surface area (Å²) in [6.45, 7) is 12.1. The lowest BCUT2D eigenvalue weighted by Crippen LogP contribution is -2.45. The van der Waals surface area contributed by atoms with Gasteiger partial charge in [-0.2, -0.15) is 0 Å². The van der Waals surface area contributed by atoms with Gasteiger partial charge in [-0.1, -0.05) is 32.9 Å². The van der Waals surface area contributed by atoms with E-state index in [0.717, 1.165) is 25.4 Å². The fourth-order valence-electron chi connectivity index (χ4n) is 2.55. The summed E-state index contributed by atoms with van der Waals surface area (Å²) < 4.78 is 5.28. The number of rotatable bonds is 8. The van der Waals surface area contributed by atoms with E-state index < -0.39 is 0 Å². The van der Waals surface area contributed by atoms with Crippen LogP contribution in [0.3, 0.4) is 0 Å². The normalized spacial score (nSPS) is 13.6. The lowest BCUT2D eigenvalue weighted by molar-refractivity contribution is 0.161. The molecule has 3 heteroatoms.